The van der Waals surface area contributed by atoms with Crippen LogP contribution < -0.4 is 14.8 Å². The lowest BCUT2D eigenvalue weighted by atomic mass is 9.90. The van der Waals surface area contributed by atoms with Crippen molar-refractivity contribution >= 4 is 11.6 Å². The van der Waals surface area contributed by atoms with Gasteiger partial charge in [0.25, 0.3) is 5.88 Å². The van der Waals surface area contributed by atoms with Crippen LogP contribution in [-0.4, -0.2) is 104 Å². The van der Waals surface area contributed by atoms with Crippen LogP contribution in [0.15, 0.2) is 43.1 Å². The fourth-order valence-corrected chi connectivity index (χ4v) is 6.24. The molecule has 1 unspecified atom stereocenters. The molecule has 3 aromatic heterocycles. The van der Waals surface area contributed by atoms with Crippen molar-refractivity contribution in [1.82, 2.24) is 44.9 Å². The minimum atomic E-state index is -0.268. The lowest BCUT2D eigenvalue weighted by Crippen LogP contribution is -2.45. The number of methoxy groups -OCH3 is 1. The number of nitrogens with zero attached hydrogens (tertiary/aromatic N) is 10. The highest BCUT2D eigenvalue weighted by molar-refractivity contribution is 5.67. The first-order chi connectivity index (χ1) is 23.6. The number of ether oxygens (including phenoxy) is 4. The number of unbranched alkanes of at least 4 members (excludes halogenated alkanes) is 1. The van der Waals surface area contributed by atoms with E-state index >= 15 is 0 Å². The summed E-state index contributed by atoms with van der Waals surface area (Å²) in [5.41, 5.74) is 2.77. The number of morpholine rings is 1. The van der Waals surface area contributed by atoms with Crippen LogP contribution in [0.4, 0.5) is 11.6 Å². The average Bonchev–Trinajstić information content (AvgIpc) is 3.79. The Hall–Kier alpha value is -4.65. The van der Waals surface area contributed by atoms with E-state index < -0.39 is 0 Å². The van der Waals surface area contributed by atoms with Crippen LogP contribution in [0.1, 0.15) is 57.1 Å². The van der Waals surface area contributed by atoms with E-state index in [1.807, 2.05) is 25.3 Å². The lowest BCUT2D eigenvalue weighted by molar-refractivity contribution is 0.00503. The number of hydrogen-bond acceptors (Lipinski definition) is 13. The summed E-state index contributed by atoms with van der Waals surface area (Å²) in [6.45, 7) is 7.27. The van der Waals surface area contributed by atoms with Gasteiger partial charge in [-0.3, -0.25) is 9.58 Å². The van der Waals surface area contributed by atoms with Gasteiger partial charge in [0.1, 0.15) is 29.9 Å². The Kier molecular flexibility index (Phi) is 11.4. The largest absolute Gasteiger partial charge is 0.487 e. The van der Waals surface area contributed by atoms with Gasteiger partial charge in [-0.1, -0.05) is 6.07 Å². The molecule has 2 aliphatic rings. The molecule has 4 aromatic rings. The first-order valence-electron chi connectivity index (χ1n) is 16.6. The molecule has 48 heavy (non-hydrogen) atoms. The van der Waals surface area contributed by atoms with E-state index in [0.29, 0.717) is 55.0 Å². The van der Waals surface area contributed by atoms with Crippen molar-refractivity contribution in [3.8, 4) is 28.8 Å². The molecule has 2 fully saturated rings. The van der Waals surface area contributed by atoms with Gasteiger partial charge in [-0.15, -0.1) is 10.2 Å². The number of benzene rings is 1. The van der Waals surface area contributed by atoms with E-state index in [-0.39, 0.29) is 6.10 Å². The highest BCUT2D eigenvalue weighted by Gasteiger charge is 2.29. The van der Waals surface area contributed by atoms with Crippen LogP contribution in [0.2, 0.25) is 0 Å². The summed E-state index contributed by atoms with van der Waals surface area (Å²) in [6, 6.07) is 8.54. The molecule has 6 rings (SSSR count). The predicted octanol–water partition coefficient (Wildman–Crippen LogP) is 4.03. The Labute approximate surface area is 280 Å². The monoisotopic (exact) mass is 657 g/mol. The Morgan fingerprint density at radius 3 is 2.54 bits per heavy atom. The Bertz CT molecular complexity index is 1610. The van der Waals surface area contributed by atoms with Crippen molar-refractivity contribution < 1.29 is 18.9 Å². The van der Waals surface area contributed by atoms with Crippen LogP contribution in [0.5, 0.6) is 11.6 Å². The molecular formula is C33H43N11O4. The van der Waals surface area contributed by atoms with Crippen LogP contribution in [0.25, 0.3) is 11.1 Å². The third kappa shape index (κ3) is 8.62. The van der Waals surface area contributed by atoms with Gasteiger partial charge in [0, 0.05) is 50.8 Å². The summed E-state index contributed by atoms with van der Waals surface area (Å²) in [6.07, 6.45) is 13.0. The molecule has 1 atom stereocenters. The molecule has 1 saturated carbocycles. The zero-order valence-electron chi connectivity index (χ0n) is 27.6. The predicted molar refractivity (Wildman–Crippen MR) is 176 cm³/mol. The molecule has 1 aromatic carbocycles. The highest BCUT2D eigenvalue weighted by atomic mass is 16.5. The van der Waals surface area contributed by atoms with Crippen LogP contribution >= 0.6 is 0 Å². The van der Waals surface area contributed by atoms with Crippen molar-refractivity contribution in [2.45, 2.75) is 70.2 Å². The van der Waals surface area contributed by atoms with Gasteiger partial charge < -0.3 is 24.3 Å². The maximum absolute atomic E-state index is 9.66. The van der Waals surface area contributed by atoms with Crippen LogP contribution in [-0.2, 0) is 16.0 Å². The van der Waals surface area contributed by atoms with Crippen molar-refractivity contribution in [2.75, 3.05) is 51.9 Å². The Balaban J connectivity index is 1.13. The third-order valence-corrected chi connectivity index (χ3v) is 8.78. The number of tetrazole rings is 1. The molecule has 254 valence electrons. The zero-order valence-corrected chi connectivity index (χ0v) is 27.6. The van der Waals surface area contributed by atoms with E-state index in [0.717, 1.165) is 81.6 Å². The van der Waals surface area contributed by atoms with E-state index in [9.17, 15) is 5.26 Å². The van der Waals surface area contributed by atoms with E-state index in [2.05, 4.69) is 46.5 Å². The molecule has 15 nitrogen and oxygen atoms in total. The van der Waals surface area contributed by atoms with E-state index in [4.69, 9.17) is 24.0 Å². The summed E-state index contributed by atoms with van der Waals surface area (Å²) in [7, 11) is 1.71. The van der Waals surface area contributed by atoms with Gasteiger partial charge >= 0.3 is 0 Å². The minimum Gasteiger partial charge on any atom is -0.487 e. The van der Waals surface area contributed by atoms with Gasteiger partial charge in [-0.25, -0.2) is 14.6 Å². The number of nitriles is 1. The van der Waals surface area contributed by atoms with Crippen molar-refractivity contribution in [1.29, 1.82) is 5.26 Å². The molecule has 4 heterocycles. The molecule has 0 amide bonds. The second kappa shape index (κ2) is 16.4. The number of nitrogens with one attached hydrogen (secondary N) is 1. The topological polar surface area (TPSA) is 163 Å². The molecule has 1 aliphatic heterocycles. The summed E-state index contributed by atoms with van der Waals surface area (Å²) < 4.78 is 26.6. The second-order valence-corrected chi connectivity index (χ2v) is 12.2. The summed E-state index contributed by atoms with van der Waals surface area (Å²) in [5, 5.41) is 29.1. The minimum absolute atomic E-state index is 0.268. The van der Waals surface area contributed by atoms with E-state index in [1.54, 1.807) is 30.3 Å². The normalized spacial score (nSPS) is 19.0. The van der Waals surface area contributed by atoms with Gasteiger partial charge in [-0.05, 0) is 73.6 Å². The molecule has 0 spiro atoms. The van der Waals surface area contributed by atoms with E-state index in [1.165, 1.54) is 6.33 Å². The lowest BCUT2D eigenvalue weighted by Gasteiger charge is -2.38. The smallest absolute Gasteiger partial charge is 0.256 e. The molecule has 1 aliphatic carbocycles. The van der Waals surface area contributed by atoms with Crippen molar-refractivity contribution in [3.05, 3.63) is 48.7 Å². The molecular weight excluding hydrogens is 614 g/mol. The first kappa shape index (κ1) is 33.3. The number of rotatable bonds is 15. The Morgan fingerprint density at radius 1 is 1.04 bits per heavy atom. The number of aromatic nitrogens is 8. The van der Waals surface area contributed by atoms with Crippen molar-refractivity contribution in [3.63, 3.8) is 0 Å². The molecule has 1 saturated heterocycles. The summed E-state index contributed by atoms with van der Waals surface area (Å²) >= 11 is 0. The summed E-state index contributed by atoms with van der Waals surface area (Å²) in [4.78, 5) is 11.8. The average molecular weight is 658 g/mol. The molecule has 0 radical (unpaired) electrons. The summed E-state index contributed by atoms with van der Waals surface area (Å²) in [5.74, 6) is 1.44. The first-order valence-corrected chi connectivity index (χ1v) is 16.6. The number of anilines is 2. The van der Waals surface area contributed by atoms with Gasteiger partial charge in [0.05, 0.1) is 44.2 Å². The molecule has 1 N–H and O–H groups in total. The number of hydrogen-bond donors (Lipinski definition) is 1. The SMILES string of the molecule is COCCCCOc1nn(C2CCC(N3CCOCC3)CC2)cc1Nc1ncc(-c2ccc(C#N)c(OC(C)Cn3cnnn3)c2)cn1. The second-order valence-electron chi connectivity index (χ2n) is 12.2. The van der Waals surface area contributed by atoms with Gasteiger partial charge in [0.15, 0.2) is 0 Å². The van der Waals surface area contributed by atoms with Crippen LogP contribution in [0.3, 0.4) is 0 Å². The Morgan fingerprint density at radius 2 is 1.81 bits per heavy atom. The standard InChI is InChI=1S/C33H43N11O4/c1-24(21-43-23-37-40-41-43)48-31-17-25(5-6-26(31)18-34)27-19-35-33(36-20-27)38-30-22-44(39-32(30)47-14-4-3-13-45-2)29-9-7-28(8-10-29)42-11-15-46-16-12-42/h5-6,17,19-20,22-24,28-29H,3-4,7-16,21H2,1-2H3,(H,35,36,38). The molecule has 0 bridgehead atoms. The van der Waals surface area contributed by atoms with Crippen LogP contribution in [0, 0.1) is 11.3 Å². The quantitative estimate of drug-likeness (QED) is 0.183. The van der Waals surface area contributed by atoms with Crippen molar-refractivity contribution in [2.24, 2.45) is 0 Å². The highest BCUT2D eigenvalue weighted by Crippen LogP contribution is 2.35. The van der Waals surface area contributed by atoms with Gasteiger partial charge in [-0.2, -0.15) is 5.26 Å². The van der Waals surface area contributed by atoms with Gasteiger partial charge in [0.2, 0.25) is 5.95 Å². The zero-order chi connectivity index (χ0) is 33.1. The fourth-order valence-electron chi connectivity index (χ4n) is 6.24. The molecule has 15 heteroatoms. The maximum Gasteiger partial charge on any atom is 0.256 e. The fraction of sp³-hybridized carbons (Fsp3) is 0.545. The third-order valence-electron chi connectivity index (χ3n) is 8.78. The maximum atomic E-state index is 9.66.